The molecule has 0 aliphatic heterocycles. The Hall–Kier alpha value is -3.09. The Balaban J connectivity index is 1.85. The number of likely N-dealkylation sites (N-methyl/N-ethyl adjacent to an activating group) is 1. The Morgan fingerprint density at radius 3 is 2.64 bits per heavy atom. The summed E-state index contributed by atoms with van der Waals surface area (Å²) >= 11 is 0. The average Bonchev–Trinajstić information content (AvgIpc) is 2.60. The van der Waals surface area contributed by atoms with Crippen molar-refractivity contribution in [1.82, 2.24) is 10.6 Å². The predicted molar refractivity (Wildman–Crippen MR) is 92.9 cm³/mol. The molecular formula is C18H20FN3O3. The maximum absolute atomic E-state index is 13.5. The highest BCUT2D eigenvalue weighted by molar-refractivity contribution is 5.89. The highest BCUT2D eigenvalue weighted by atomic mass is 19.1. The number of carbonyl (C=O) groups excluding carboxylic acids is 2. The zero-order valence-corrected chi connectivity index (χ0v) is 13.8. The van der Waals surface area contributed by atoms with Crippen LogP contribution in [0.25, 0.3) is 0 Å². The lowest BCUT2D eigenvalue weighted by Gasteiger charge is -2.10. The lowest BCUT2D eigenvalue weighted by atomic mass is 10.2. The molecule has 0 bridgehead atoms. The van der Waals surface area contributed by atoms with Crippen LogP contribution in [-0.4, -0.2) is 25.1 Å². The molecule has 2 rings (SSSR count). The normalized spacial score (nSPS) is 10.0. The summed E-state index contributed by atoms with van der Waals surface area (Å²) in [5.74, 6) is -0.134. The Labute approximate surface area is 145 Å². The van der Waals surface area contributed by atoms with Crippen molar-refractivity contribution in [2.24, 2.45) is 0 Å². The van der Waals surface area contributed by atoms with E-state index in [0.29, 0.717) is 23.5 Å². The van der Waals surface area contributed by atoms with Gasteiger partial charge in [-0.3, -0.25) is 4.79 Å². The summed E-state index contributed by atoms with van der Waals surface area (Å²) in [7, 11) is 0. The van der Waals surface area contributed by atoms with Crippen LogP contribution in [0.4, 0.5) is 14.9 Å². The van der Waals surface area contributed by atoms with Crippen molar-refractivity contribution >= 4 is 17.6 Å². The number of urea groups is 1. The molecule has 0 spiro atoms. The van der Waals surface area contributed by atoms with Gasteiger partial charge in [-0.2, -0.15) is 0 Å². The maximum Gasteiger partial charge on any atom is 0.319 e. The molecule has 3 amide bonds. The standard InChI is InChI=1S/C18H20FN3O3/c1-2-20-17(23)12-25-15-8-5-7-14(10-15)22-18(24)21-11-13-6-3-4-9-16(13)19/h3-10H,2,11-12H2,1H3,(H,20,23)(H2,21,22,24). The van der Waals surface area contributed by atoms with Gasteiger partial charge in [-0.25, -0.2) is 9.18 Å². The molecule has 0 aliphatic carbocycles. The van der Waals surface area contributed by atoms with Crippen LogP contribution in [0.5, 0.6) is 5.75 Å². The first-order chi connectivity index (χ1) is 12.1. The van der Waals surface area contributed by atoms with E-state index in [1.807, 2.05) is 6.92 Å². The molecule has 25 heavy (non-hydrogen) atoms. The third-order valence-corrected chi connectivity index (χ3v) is 3.23. The highest BCUT2D eigenvalue weighted by Gasteiger charge is 2.06. The second kappa shape index (κ2) is 9.27. The van der Waals surface area contributed by atoms with Crippen molar-refractivity contribution in [2.45, 2.75) is 13.5 Å². The number of halogens is 1. The van der Waals surface area contributed by atoms with E-state index in [-0.39, 0.29) is 24.9 Å². The van der Waals surface area contributed by atoms with Gasteiger partial charge in [-0.15, -0.1) is 0 Å². The topological polar surface area (TPSA) is 79.5 Å². The fraction of sp³-hybridized carbons (Fsp3) is 0.222. The van der Waals surface area contributed by atoms with Crippen molar-refractivity contribution in [2.75, 3.05) is 18.5 Å². The summed E-state index contributed by atoms with van der Waals surface area (Å²) in [6.45, 7) is 2.33. The first-order valence-electron chi connectivity index (χ1n) is 7.86. The molecule has 0 fully saturated rings. The zero-order valence-electron chi connectivity index (χ0n) is 13.8. The fourth-order valence-corrected chi connectivity index (χ4v) is 2.05. The van der Waals surface area contributed by atoms with Gasteiger partial charge in [0.25, 0.3) is 5.91 Å². The van der Waals surface area contributed by atoms with Crippen LogP contribution in [0, 0.1) is 5.82 Å². The fourth-order valence-electron chi connectivity index (χ4n) is 2.05. The Morgan fingerprint density at radius 2 is 1.88 bits per heavy atom. The van der Waals surface area contributed by atoms with Gasteiger partial charge in [-0.1, -0.05) is 24.3 Å². The van der Waals surface area contributed by atoms with Crippen LogP contribution in [0.15, 0.2) is 48.5 Å². The van der Waals surface area contributed by atoms with E-state index in [4.69, 9.17) is 4.74 Å². The summed E-state index contributed by atoms with van der Waals surface area (Å²) in [6, 6.07) is 12.4. The number of nitrogens with one attached hydrogen (secondary N) is 3. The van der Waals surface area contributed by atoms with E-state index in [9.17, 15) is 14.0 Å². The number of hydrogen-bond acceptors (Lipinski definition) is 3. The molecular weight excluding hydrogens is 325 g/mol. The summed E-state index contributed by atoms with van der Waals surface area (Å²) in [6.07, 6.45) is 0. The number of benzene rings is 2. The number of rotatable bonds is 7. The van der Waals surface area contributed by atoms with Crippen molar-refractivity contribution < 1.29 is 18.7 Å². The van der Waals surface area contributed by atoms with Crippen molar-refractivity contribution in [3.8, 4) is 5.75 Å². The molecule has 0 atom stereocenters. The molecule has 0 aromatic heterocycles. The summed E-state index contributed by atoms with van der Waals surface area (Å²) in [5.41, 5.74) is 0.899. The molecule has 3 N–H and O–H groups in total. The van der Waals surface area contributed by atoms with Gasteiger partial charge in [0.2, 0.25) is 0 Å². The molecule has 0 saturated carbocycles. The largest absolute Gasteiger partial charge is 0.484 e. The molecule has 0 heterocycles. The van der Waals surface area contributed by atoms with Gasteiger partial charge in [0, 0.05) is 30.4 Å². The third kappa shape index (κ3) is 6.14. The molecule has 0 unspecified atom stereocenters. The number of hydrogen-bond donors (Lipinski definition) is 3. The van der Waals surface area contributed by atoms with Gasteiger partial charge in [0.15, 0.2) is 6.61 Å². The SMILES string of the molecule is CCNC(=O)COc1cccc(NC(=O)NCc2ccccc2F)c1. The van der Waals surface area contributed by atoms with E-state index in [1.54, 1.807) is 42.5 Å². The lowest BCUT2D eigenvalue weighted by molar-refractivity contribution is -0.122. The number of carbonyl (C=O) groups is 2. The van der Waals surface area contributed by atoms with Crippen LogP contribution in [0.3, 0.4) is 0 Å². The van der Waals surface area contributed by atoms with Gasteiger partial charge in [-0.05, 0) is 25.1 Å². The molecule has 132 valence electrons. The van der Waals surface area contributed by atoms with Crippen LogP contribution in [-0.2, 0) is 11.3 Å². The maximum atomic E-state index is 13.5. The third-order valence-electron chi connectivity index (χ3n) is 3.23. The van der Waals surface area contributed by atoms with E-state index < -0.39 is 6.03 Å². The van der Waals surface area contributed by atoms with Crippen molar-refractivity contribution in [3.05, 3.63) is 59.9 Å². The zero-order chi connectivity index (χ0) is 18.1. The van der Waals surface area contributed by atoms with Gasteiger partial charge >= 0.3 is 6.03 Å². The Kier molecular flexibility index (Phi) is 6.76. The Morgan fingerprint density at radius 1 is 1.08 bits per heavy atom. The molecule has 0 aliphatic rings. The lowest BCUT2D eigenvalue weighted by Crippen LogP contribution is -2.29. The predicted octanol–water partition coefficient (Wildman–Crippen LogP) is 2.66. The second-order valence-electron chi connectivity index (χ2n) is 5.17. The van der Waals surface area contributed by atoms with E-state index >= 15 is 0 Å². The quantitative estimate of drug-likeness (QED) is 0.722. The van der Waals surface area contributed by atoms with E-state index in [2.05, 4.69) is 16.0 Å². The van der Waals surface area contributed by atoms with Crippen LogP contribution >= 0.6 is 0 Å². The molecule has 6 nitrogen and oxygen atoms in total. The first-order valence-corrected chi connectivity index (χ1v) is 7.86. The highest BCUT2D eigenvalue weighted by Crippen LogP contribution is 2.17. The molecule has 0 radical (unpaired) electrons. The van der Waals surface area contributed by atoms with E-state index in [1.165, 1.54) is 6.07 Å². The smallest absolute Gasteiger partial charge is 0.319 e. The summed E-state index contributed by atoms with van der Waals surface area (Å²) < 4.78 is 18.9. The van der Waals surface area contributed by atoms with Crippen molar-refractivity contribution in [3.63, 3.8) is 0 Å². The summed E-state index contributed by atoms with van der Waals surface area (Å²) in [5, 5.41) is 7.84. The van der Waals surface area contributed by atoms with Gasteiger partial charge in [0.1, 0.15) is 11.6 Å². The van der Waals surface area contributed by atoms with Crippen LogP contribution in [0.1, 0.15) is 12.5 Å². The molecule has 2 aromatic carbocycles. The molecule has 0 saturated heterocycles. The van der Waals surface area contributed by atoms with E-state index in [0.717, 1.165) is 0 Å². The molecule has 2 aromatic rings. The number of ether oxygens (including phenoxy) is 1. The van der Waals surface area contributed by atoms with Gasteiger partial charge in [0.05, 0.1) is 0 Å². The van der Waals surface area contributed by atoms with Gasteiger partial charge < -0.3 is 20.7 Å². The van der Waals surface area contributed by atoms with Crippen LogP contribution in [0.2, 0.25) is 0 Å². The Bertz CT molecular complexity index is 737. The van der Waals surface area contributed by atoms with Crippen LogP contribution < -0.4 is 20.7 Å². The first kappa shape index (κ1) is 18.3. The van der Waals surface area contributed by atoms with Crippen molar-refractivity contribution in [1.29, 1.82) is 0 Å². The average molecular weight is 345 g/mol. The number of anilines is 1. The summed E-state index contributed by atoms with van der Waals surface area (Å²) in [4.78, 5) is 23.3. The monoisotopic (exact) mass is 345 g/mol. The number of amides is 3. The second-order valence-corrected chi connectivity index (χ2v) is 5.17. The minimum absolute atomic E-state index is 0.0753. The minimum atomic E-state index is -0.468. The minimum Gasteiger partial charge on any atom is -0.484 e. The molecule has 7 heteroatoms.